The molecule has 2 aromatic heterocycles. The maximum absolute atomic E-state index is 5.82. The molecule has 0 unspecified atom stereocenters. The minimum atomic E-state index is 0.483. The molecule has 6 heteroatoms. The molecule has 3 heterocycles. The summed E-state index contributed by atoms with van der Waals surface area (Å²) in [7, 11) is 0. The first-order valence-corrected chi connectivity index (χ1v) is 10.3. The molecule has 0 amide bonds. The summed E-state index contributed by atoms with van der Waals surface area (Å²) >= 11 is 1.64. The van der Waals surface area contributed by atoms with Gasteiger partial charge in [-0.1, -0.05) is 30.4 Å². The van der Waals surface area contributed by atoms with Crippen molar-refractivity contribution in [1.29, 1.82) is 0 Å². The van der Waals surface area contributed by atoms with E-state index in [1.165, 1.54) is 16.1 Å². The van der Waals surface area contributed by atoms with Gasteiger partial charge in [0.15, 0.2) is 5.13 Å². The summed E-state index contributed by atoms with van der Waals surface area (Å²) in [5.74, 6) is 0.855. The van der Waals surface area contributed by atoms with Crippen LogP contribution in [0.15, 0.2) is 54.7 Å². The zero-order valence-corrected chi connectivity index (χ0v) is 16.6. The van der Waals surface area contributed by atoms with Gasteiger partial charge < -0.3 is 10.5 Å². The number of nitrogens with zero attached hydrogens (tertiary/aromatic N) is 3. The number of aromatic nitrogens is 2. The van der Waals surface area contributed by atoms with E-state index in [2.05, 4.69) is 39.2 Å². The number of hydrogen-bond acceptors (Lipinski definition) is 6. The van der Waals surface area contributed by atoms with Crippen molar-refractivity contribution >= 4 is 22.5 Å². The molecule has 1 aromatic carbocycles. The van der Waals surface area contributed by atoms with Crippen LogP contribution < -0.4 is 10.5 Å². The van der Waals surface area contributed by atoms with E-state index >= 15 is 0 Å². The Labute approximate surface area is 169 Å². The lowest BCUT2D eigenvalue weighted by molar-refractivity contribution is 0.301. The second-order valence-corrected chi connectivity index (χ2v) is 7.92. The van der Waals surface area contributed by atoms with Gasteiger partial charge in [-0.05, 0) is 36.2 Å². The first kappa shape index (κ1) is 18.7. The van der Waals surface area contributed by atoms with Gasteiger partial charge in [0.1, 0.15) is 12.4 Å². The van der Waals surface area contributed by atoms with E-state index in [1.54, 1.807) is 17.5 Å². The predicted octanol–water partition coefficient (Wildman–Crippen LogP) is 3.81. The lowest BCUT2D eigenvalue weighted by Gasteiger charge is -2.17. The number of ether oxygens (including phenoxy) is 1. The topological polar surface area (TPSA) is 64.3 Å². The Hall–Kier alpha value is -2.70. The van der Waals surface area contributed by atoms with Gasteiger partial charge in [0.05, 0.1) is 11.4 Å². The molecule has 4 rings (SSSR count). The molecule has 1 aliphatic heterocycles. The highest BCUT2D eigenvalue weighted by molar-refractivity contribution is 7.15. The van der Waals surface area contributed by atoms with Crippen LogP contribution in [-0.2, 0) is 19.4 Å². The van der Waals surface area contributed by atoms with Crippen LogP contribution in [0.1, 0.15) is 21.8 Å². The van der Waals surface area contributed by atoms with Crippen molar-refractivity contribution in [3.05, 3.63) is 76.6 Å². The molecule has 3 aromatic rings. The lowest BCUT2D eigenvalue weighted by atomic mass is 10.2. The van der Waals surface area contributed by atoms with Crippen LogP contribution in [0.3, 0.4) is 0 Å². The normalized spacial score (nSPS) is 14.7. The number of nitrogens with two attached hydrogens (primary N) is 1. The second kappa shape index (κ2) is 8.99. The van der Waals surface area contributed by atoms with E-state index in [4.69, 9.17) is 10.5 Å². The van der Waals surface area contributed by atoms with Crippen LogP contribution in [0.2, 0.25) is 0 Å². The van der Waals surface area contributed by atoms with Crippen molar-refractivity contribution in [2.75, 3.05) is 25.4 Å². The Morgan fingerprint density at radius 1 is 1.11 bits per heavy atom. The summed E-state index contributed by atoms with van der Waals surface area (Å²) in [6, 6.07) is 14.0. The zero-order chi connectivity index (χ0) is 19.2. The van der Waals surface area contributed by atoms with Crippen molar-refractivity contribution in [1.82, 2.24) is 14.9 Å². The molecule has 0 bridgehead atoms. The van der Waals surface area contributed by atoms with Crippen molar-refractivity contribution in [3.63, 3.8) is 0 Å². The average molecular weight is 393 g/mol. The van der Waals surface area contributed by atoms with Crippen LogP contribution in [-0.4, -0.2) is 34.5 Å². The van der Waals surface area contributed by atoms with Gasteiger partial charge in [0.2, 0.25) is 0 Å². The Bertz CT molecular complexity index is 896. The standard InChI is InChI=1S/C22H24N4OS/c23-22-25-20-10-14-26(15-11-21(20)28-22)13-3-4-17-6-8-19(9-7-17)27-16-18-5-1-2-12-24-18/h1-9,12H,10-11,13-16H2,(H2,23,25)/b4-3+. The third-order valence-electron chi connectivity index (χ3n) is 4.78. The maximum Gasteiger partial charge on any atom is 0.180 e. The fourth-order valence-electron chi connectivity index (χ4n) is 3.27. The molecule has 2 N–H and O–H groups in total. The molecule has 5 nitrogen and oxygen atoms in total. The Balaban J connectivity index is 1.25. The number of fused-ring (bicyclic) bond motifs is 1. The minimum Gasteiger partial charge on any atom is -0.487 e. The summed E-state index contributed by atoms with van der Waals surface area (Å²) in [5, 5.41) is 0.700. The van der Waals surface area contributed by atoms with Gasteiger partial charge in [-0.2, -0.15) is 0 Å². The lowest BCUT2D eigenvalue weighted by Crippen LogP contribution is -2.26. The molecular weight excluding hydrogens is 368 g/mol. The number of anilines is 1. The Kier molecular flexibility index (Phi) is 5.99. The van der Waals surface area contributed by atoms with E-state index in [0.717, 1.165) is 43.9 Å². The van der Waals surface area contributed by atoms with Crippen LogP contribution >= 0.6 is 11.3 Å². The number of nitrogen functional groups attached to an aromatic ring is 1. The molecule has 0 fully saturated rings. The summed E-state index contributed by atoms with van der Waals surface area (Å²) in [6.07, 6.45) is 8.20. The molecule has 28 heavy (non-hydrogen) atoms. The summed E-state index contributed by atoms with van der Waals surface area (Å²) in [5.41, 5.74) is 9.11. The third-order valence-corrected chi connectivity index (χ3v) is 5.77. The highest BCUT2D eigenvalue weighted by atomic mass is 32.1. The van der Waals surface area contributed by atoms with Crippen molar-refractivity contribution < 1.29 is 4.74 Å². The molecular formula is C22H24N4OS. The number of benzene rings is 1. The van der Waals surface area contributed by atoms with E-state index in [-0.39, 0.29) is 0 Å². The largest absolute Gasteiger partial charge is 0.487 e. The fraction of sp³-hybridized carbons (Fsp3) is 0.273. The van der Waals surface area contributed by atoms with Gasteiger partial charge in [-0.3, -0.25) is 9.88 Å². The van der Waals surface area contributed by atoms with Crippen LogP contribution in [0.5, 0.6) is 5.75 Å². The summed E-state index contributed by atoms with van der Waals surface area (Å²) < 4.78 is 5.78. The van der Waals surface area contributed by atoms with Gasteiger partial charge in [-0.25, -0.2) is 4.98 Å². The zero-order valence-electron chi connectivity index (χ0n) is 15.8. The Morgan fingerprint density at radius 2 is 1.96 bits per heavy atom. The summed E-state index contributed by atoms with van der Waals surface area (Å²) in [4.78, 5) is 12.5. The maximum atomic E-state index is 5.82. The molecule has 0 radical (unpaired) electrons. The predicted molar refractivity (Wildman–Crippen MR) is 114 cm³/mol. The van der Waals surface area contributed by atoms with Crippen molar-refractivity contribution in [3.8, 4) is 5.75 Å². The highest BCUT2D eigenvalue weighted by Gasteiger charge is 2.16. The van der Waals surface area contributed by atoms with Gasteiger partial charge >= 0.3 is 0 Å². The highest BCUT2D eigenvalue weighted by Crippen LogP contribution is 2.24. The smallest absolute Gasteiger partial charge is 0.180 e. The summed E-state index contributed by atoms with van der Waals surface area (Å²) in [6.45, 7) is 3.51. The van der Waals surface area contributed by atoms with E-state index in [9.17, 15) is 0 Å². The SMILES string of the molecule is Nc1nc2c(s1)CCN(C/C=C/c1ccc(OCc3ccccn3)cc1)CC2. The number of rotatable bonds is 6. The van der Waals surface area contributed by atoms with Crippen LogP contribution in [0.4, 0.5) is 5.13 Å². The van der Waals surface area contributed by atoms with Gasteiger partial charge in [-0.15, -0.1) is 11.3 Å². The fourth-order valence-corrected chi connectivity index (χ4v) is 4.13. The van der Waals surface area contributed by atoms with E-state index in [0.29, 0.717) is 11.7 Å². The second-order valence-electron chi connectivity index (χ2n) is 6.80. The van der Waals surface area contributed by atoms with Crippen molar-refractivity contribution in [2.45, 2.75) is 19.4 Å². The molecule has 0 saturated heterocycles. The van der Waals surface area contributed by atoms with Gasteiger partial charge in [0.25, 0.3) is 0 Å². The van der Waals surface area contributed by atoms with Crippen LogP contribution in [0, 0.1) is 0 Å². The number of pyridine rings is 1. The van der Waals surface area contributed by atoms with Crippen LogP contribution in [0.25, 0.3) is 6.08 Å². The van der Waals surface area contributed by atoms with Crippen molar-refractivity contribution in [2.24, 2.45) is 0 Å². The molecule has 144 valence electrons. The molecule has 0 spiro atoms. The first-order chi connectivity index (χ1) is 13.8. The first-order valence-electron chi connectivity index (χ1n) is 9.52. The van der Waals surface area contributed by atoms with E-state index < -0.39 is 0 Å². The molecule has 0 saturated carbocycles. The van der Waals surface area contributed by atoms with Gasteiger partial charge in [0, 0.05) is 37.1 Å². The number of hydrogen-bond donors (Lipinski definition) is 1. The monoisotopic (exact) mass is 392 g/mol. The Morgan fingerprint density at radius 3 is 2.79 bits per heavy atom. The third kappa shape index (κ3) is 4.97. The van der Waals surface area contributed by atoms with E-state index in [1.807, 2.05) is 30.3 Å². The average Bonchev–Trinajstić information content (AvgIpc) is 2.99. The molecule has 1 aliphatic rings. The molecule has 0 aliphatic carbocycles. The number of thiazole rings is 1. The minimum absolute atomic E-state index is 0.483. The molecule has 0 atom stereocenters. The quantitative estimate of drug-likeness (QED) is 0.691.